The molecule has 1 heterocycles. The van der Waals surface area contributed by atoms with Gasteiger partial charge in [0.15, 0.2) is 0 Å². The van der Waals surface area contributed by atoms with Gasteiger partial charge in [-0.2, -0.15) is 0 Å². The summed E-state index contributed by atoms with van der Waals surface area (Å²) < 4.78 is 0. The number of carbonyl (C=O) groups is 1. The molecule has 0 saturated carbocycles. The first kappa shape index (κ1) is 12.7. The van der Waals surface area contributed by atoms with Crippen molar-refractivity contribution >= 4 is 16.7 Å². The van der Waals surface area contributed by atoms with Gasteiger partial charge in [0.2, 0.25) is 5.91 Å². The van der Waals surface area contributed by atoms with Crippen LogP contribution in [0.1, 0.15) is 24.9 Å². The second-order valence-electron chi connectivity index (χ2n) is 5.40. The van der Waals surface area contributed by atoms with Crippen molar-refractivity contribution in [2.45, 2.75) is 19.4 Å². The molecule has 2 atom stereocenters. The van der Waals surface area contributed by atoms with Gasteiger partial charge in [-0.3, -0.25) is 4.79 Å². The van der Waals surface area contributed by atoms with E-state index in [9.17, 15) is 4.79 Å². The topological polar surface area (TPSA) is 20.3 Å². The van der Waals surface area contributed by atoms with Crippen molar-refractivity contribution in [2.75, 3.05) is 6.54 Å². The van der Waals surface area contributed by atoms with Gasteiger partial charge in [-0.25, -0.2) is 0 Å². The van der Waals surface area contributed by atoms with Crippen LogP contribution in [-0.2, 0) is 4.79 Å². The lowest BCUT2D eigenvalue weighted by Gasteiger charge is -2.25. The Kier molecular flexibility index (Phi) is 3.20. The maximum Gasteiger partial charge on any atom is 0.224 e. The molecule has 1 aliphatic heterocycles. The Morgan fingerprint density at radius 3 is 2.70 bits per heavy atom. The number of hydrogen-bond donors (Lipinski definition) is 0. The Labute approximate surface area is 119 Å². The average molecular weight is 263 g/mol. The molecule has 2 aromatic carbocycles. The fourth-order valence-electron chi connectivity index (χ4n) is 2.87. The van der Waals surface area contributed by atoms with Crippen LogP contribution >= 0.6 is 0 Å². The monoisotopic (exact) mass is 263 g/mol. The minimum Gasteiger partial charge on any atom is -0.335 e. The first-order valence-corrected chi connectivity index (χ1v) is 6.93. The minimum atomic E-state index is 0.0606. The molecule has 0 N–H and O–H groups in total. The molecule has 0 aromatic heterocycles. The number of amides is 1. The lowest BCUT2D eigenvalue weighted by Crippen LogP contribution is -2.28. The van der Waals surface area contributed by atoms with Gasteiger partial charge < -0.3 is 4.90 Å². The van der Waals surface area contributed by atoms with Crippen LogP contribution in [-0.4, -0.2) is 17.4 Å². The van der Waals surface area contributed by atoms with Gasteiger partial charge in [0, 0.05) is 18.9 Å². The largest absolute Gasteiger partial charge is 0.335 e. The van der Waals surface area contributed by atoms with Crippen molar-refractivity contribution in [2.24, 2.45) is 5.92 Å². The molecule has 1 saturated heterocycles. The molecule has 20 heavy (non-hydrogen) atoms. The smallest absolute Gasteiger partial charge is 0.224 e. The van der Waals surface area contributed by atoms with Crippen LogP contribution < -0.4 is 0 Å². The van der Waals surface area contributed by atoms with Crippen molar-refractivity contribution < 1.29 is 4.79 Å². The van der Waals surface area contributed by atoms with Gasteiger partial charge in [0.25, 0.3) is 0 Å². The molecular formula is C18H17NO. The maximum absolute atomic E-state index is 12.1. The highest BCUT2D eigenvalue weighted by Gasteiger charge is 2.32. The van der Waals surface area contributed by atoms with Crippen molar-refractivity contribution in [3.63, 3.8) is 0 Å². The summed E-state index contributed by atoms with van der Waals surface area (Å²) in [5, 5.41) is 2.43. The molecule has 100 valence electrons. The molecule has 2 unspecified atom stereocenters. The Bertz CT molecular complexity index is 698. The molecular weight excluding hydrogens is 246 g/mol. The summed E-state index contributed by atoms with van der Waals surface area (Å²) in [5.41, 5.74) is 1.16. The number of fused-ring (bicyclic) bond motifs is 1. The third kappa shape index (κ3) is 2.16. The summed E-state index contributed by atoms with van der Waals surface area (Å²) in [4.78, 5) is 13.9. The summed E-state index contributed by atoms with van der Waals surface area (Å²) in [6, 6.07) is 14.7. The van der Waals surface area contributed by atoms with Gasteiger partial charge in [0.05, 0.1) is 6.04 Å². The first-order valence-electron chi connectivity index (χ1n) is 6.93. The highest BCUT2D eigenvalue weighted by atomic mass is 16.2. The van der Waals surface area contributed by atoms with E-state index in [4.69, 9.17) is 6.42 Å². The quantitative estimate of drug-likeness (QED) is 0.761. The molecule has 0 radical (unpaired) electrons. The van der Waals surface area contributed by atoms with Gasteiger partial charge in [-0.05, 0) is 29.3 Å². The molecule has 0 bridgehead atoms. The number of rotatable bonds is 2. The van der Waals surface area contributed by atoms with Crippen LogP contribution in [0.5, 0.6) is 0 Å². The molecule has 3 rings (SSSR count). The zero-order chi connectivity index (χ0) is 14.1. The summed E-state index contributed by atoms with van der Waals surface area (Å²) in [6.07, 6.45) is 5.92. The minimum absolute atomic E-state index is 0.0606. The third-order valence-electron chi connectivity index (χ3n) is 4.12. The predicted molar refractivity (Wildman–Crippen MR) is 81.0 cm³/mol. The van der Waals surface area contributed by atoms with Gasteiger partial charge in [-0.15, -0.1) is 12.3 Å². The van der Waals surface area contributed by atoms with E-state index in [1.54, 1.807) is 0 Å². The van der Waals surface area contributed by atoms with Gasteiger partial charge >= 0.3 is 0 Å². The highest BCUT2D eigenvalue weighted by molar-refractivity contribution is 5.84. The Balaban J connectivity index is 1.91. The predicted octanol–water partition coefficient (Wildman–Crippen LogP) is 3.38. The fraction of sp³-hybridized carbons (Fsp3) is 0.278. The maximum atomic E-state index is 12.1. The molecule has 0 spiro atoms. The van der Waals surface area contributed by atoms with Crippen LogP contribution in [0.4, 0.5) is 0 Å². The van der Waals surface area contributed by atoms with Crippen molar-refractivity contribution in [1.29, 1.82) is 0 Å². The Morgan fingerprint density at radius 2 is 2.00 bits per heavy atom. The highest BCUT2D eigenvalue weighted by Crippen LogP contribution is 2.29. The number of likely N-dealkylation sites (tertiary alicyclic amines) is 1. The molecule has 1 aliphatic rings. The molecule has 1 amide bonds. The van der Waals surface area contributed by atoms with E-state index in [0.717, 1.165) is 5.56 Å². The van der Waals surface area contributed by atoms with E-state index < -0.39 is 0 Å². The standard InChI is InChI=1S/C18H17NO/c1-3-14-10-18(20)19(12-14)13(2)16-9-8-15-6-4-5-7-17(15)11-16/h1,4-9,11,13-14H,10,12H2,2H3. The molecule has 1 fully saturated rings. The van der Waals surface area contributed by atoms with E-state index in [1.807, 2.05) is 17.0 Å². The second-order valence-corrected chi connectivity index (χ2v) is 5.40. The molecule has 2 aromatic rings. The van der Waals surface area contributed by atoms with Crippen molar-refractivity contribution in [3.8, 4) is 12.3 Å². The lowest BCUT2D eigenvalue weighted by atomic mass is 10.0. The summed E-state index contributed by atoms with van der Waals surface area (Å²) in [5.74, 6) is 2.92. The molecule has 0 aliphatic carbocycles. The third-order valence-corrected chi connectivity index (χ3v) is 4.12. The van der Waals surface area contributed by atoms with E-state index in [-0.39, 0.29) is 17.9 Å². The molecule has 2 heteroatoms. The number of carbonyl (C=O) groups excluding carboxylic acids is 1. The molecule has 2 nitrogen and oxygen atoms in total. The summed E-state index contributed by atoms with van der Waals surface area (Å²) in [7, 11) is 0. The summed E-state index contributed by atoms with van der Waals surface area (Å²) in [6.45, 7) is 2.74. The zero-order valence-corrected chi connectivity index (χ0v) is 11.5. The van der Waals surface area contributed by atoms with E-state index >= 15 is 0 Å². The van der Waals surface area contributed by atoms with E-state index in [0.29, 0.717) is 13.0 Å². The van der Waals surface area contributed by atoms with Gasteiger partial charge in [-0.1, -0.05) is 36.4 Å². The normalized spacial score (nSPS) is 20.1. The van der Waals surface area contributed by atoms with Crippen LogP contribution in [0, 0.1) is 18.3 Å². The van der Waals surface area contributed by atoms with E-state index in [2.05, 4.69) is 43.2 Å². The van der Waals surface area contributed by atoms with Crippen LogP contribution in [0.15, 0.2) is 42.5 Å². The number of terminal acetylenes is 1. The van der Waals surface area contributed by atoms with Crippen molar-refractivity contribution in [3.05, 3.63) is 48.0 Å². The number of hydrogen-bond acceptors (Lipinski definition) is 1. The number of nitrogens with zero attached hydrogens (tertiary/aromatic N) is 1. The first-order chi connectivity index (χ1) is 9.69. The van der Waals surface area contributed by atoms with Crippen LogP contribution in [0.3, 0.4) is 0 Å². The average Bonchev–Trinajstić information content (AvgIpc) is 2.87. The zero-order valence-electron chi connectivity index (χ0n) is 11.5. The SMILES string of the molecule is C#CC1CC(=O)N(C(C)c2ccc3ccccc3c2)C1. The Hall–Kier alpha value is -2.27. The van der Waals surface area contributed by atoms with Crippen LogP contribution in [0.25, 0.3) is 10.8 Å². The Morgan fingerprint density at radius 1 is 1.25 bits per heavy atom. The fourth-order valence-corrected chi connectivity index (χ4v) is 2.87. The number of benzene rings is 2. The van der Waals surface area contributed by atoms with Gasteiger partial charge in [0.1, 0.15) is 0 Å². The van der Waals surface area contributed by atoms with E-state index in [1.165, 1.54) is 10.8 Å². The lowest BCUT2D eigenvalue weighted by molar-refractivity contribution is -0.129. The second kappa shape index (κ2) is 5.02. The summed E-state index contributed by atoms with van der Waals surface area (Å²) >= 11 is 0. The van der Waals surface area contributed by atoms with Crippen LogP contribution in [0.2, 0.25) is 0 Å². The van der Waals surface area contributed by atoms with Crippen molar-refractivity contribution in [1.82, 2.24) is 4.90 Å².